The van der Waals surface area contributed by atoms with Gasteiger partial charge >= 0.3 is 0 Å². The van der Waals surface area contributed by atoms with Gasteiger partial charge in [0, 0.05) is 29.7 Å². The molecule has 0 aromatic heterocycles. The molecule has 0 aliphatic heterocycles. The van der Waals surface area contributed by atoms with Crippen molar-refractivity contribution in [2.24, 2.45) is 5.73 Å². The number of benzene rings is 1. The third-order valence-electron chi connectivity index (χ3n) is 2.74. The van der Waals surface area contributed by atoms with E-state index in [1.807, 2.05) is 25.1 Å². The summed E-state index contributed by atoms with van der Waals surface area (Å²) in [6.07, 6.45) is -0.592. The average molecular weight is 345 g/mol. The van der Waals surface area contributed by atoms with Gasteiger partial charge in [0.25, 0.3) is 5.91 Å². The SMILES string of the molecule is COCCNC(=O)C(C)Oc1ccc(Br)cc1[C@H](C)N. The quantitative estimate of drug-likeness (QED) is 0.742. The number of hydrogen-bond donors (Lipinski definition) is 2. The lowest BCUT2D eigenvalue weighted by atomic mass is 10.1. The van der Waals surface area contributed by atoms with E-state index in [1.54, 1.807) is 14.0 Å². The Balaban J connectivity index is 2.70. The van der Waals surface area contributed by atoms with Crippen molar-refractivity contribution in [2.75, 3.05) is 20.3 Å². The van der Waals surface area contributed by atoms with Gasteiger partial charge < -0.3 is 20.5 Å². The molecule has 5 nitrogen and oxygen atoms in total. The Hall–Kier alpha value is -1.11. The van der Waals surface area contributed by atoms with Gasteiger partial charge in [-0.3, -0.25) is 4.79 Å². The van der Waals surface area contributed by atoms with E-state index < -0.39 is 6.10 Å². The van der Waals surface area contributed by atoms with Crippen molar-refractivity contribution >= 4 is 21.8 Å². The number of hydrogen-bond acceptors (Lipinski definition) is 4. The predicted molar refractivity (Wildman–Crippen MR) is 81.7 cm³/mol. The summed E-state index contributed by atoms with van der Waals surface area (Å²) in [7, 11) is 1.59. The lowest BCUT2D eigenvalue weighted by molar-refractivity contribution is -0.127. The number of carbonyl (C=O) groups is 1. The fourth-order valence-corrected chi connectivity index (χ4v) is 2.03. The number of methoxy groups -OCH3 is 1. The van der Waals surface area contributed by atoms with E-state index in [0.717, 1.165) is 10.0 Å². The minimum Gasteiger partial charge on any atom is -0.481 e. The highest BCUT2D eigenvalue weighted by molar-refractivity contribution is 9.10. The molecule has 1 unspecified atom stereocenters. The van der Waals surface area contributed by atoms with Crippen molar-refractivity contribution in [1.82, 2.24) is 5.32 Å². The van der Waals surface area contributed by atoms with Crippen LogP contribution >= 0.6 is 15.9 Å². The summed E-state index contributed by atoms with van der Waals surface area (Å²) >= 11 is 3.40. The third-order valence-corrected chi connectivity index (χ3v) is 3.23. The van der Waals surface area contributed by atoms with Crippen LogP contribution in [0, 0.1) is 0 Å². The molecule has 2 atom stereocenters. The van der Waals surface area contributed by atoms with Gasteiger partial charge in [-0.2, -0.15) is 0 Å². The topological polar surface area (TPSA) is 73.6 Å². The van der Waals surface area contributed by atoms with Crippen molar-refractivity contribution < 1.29 is 14.3 Å². The van der Waals surface area contributed by atoms with Gasteiger partial charge in [0.05, 0.1) is 6.61 Å². The molecule has 1 aromatic rings. The van der Waals surface area contributed by atoms with Crippen LogP contribution in [0.5, 0.6) is 5.75 Å². The van der Waals surface area contributed by atoms with Gasteiger partial charge in [-0.05, 0) is 32.0 Å². The zero-order valence-corrected chi connectivity index (χ0v) is 13.6. The largest absolute Gasteiger partial charge is 0.481 e. The van der Waals surface area contributed by atoms with Crippen molar-refractivity contribution in [3.63, 3.8) is 0 Å². The second-order valence-corrected chi connectivity index (χ2v) is 5.43. The van der Waals surface area contributed by atoms with Gasteiger partial charge in [0.15, 0.2) is 6.10 Å². The molecular formula is C14H21BrN2O3. The number of ether oxygens (including phenoxy) is 2. The Bertz CT molecular complexity index is 452. The van der Waals surface area contributed by atoms with Gasteiger partial charge in [-0.1, -0.05) is 15.9 Å². The average Bonchev–Trinajstić information content (AvgIpc) is 2.40. The smallest absolute Gasteiger partial charge is 0.260 e. The molecular weight excluding hydrogens is 324 g/mol. The van der Waals surface area contributed by atoms with E-state index >= 15 is 0 Å². The van der Waals surface area contributed by atoms with E-state index in [9.17, 15) is 4.79 Å². The first-order chi connectivity index (χ1) is 9.45. The molecule has 20 heavy (non-hydrogen) atoms. The Morgan fingerprint density at radius 1 is 1.45 bits per heavy atom. The zero-order valence-electron chi connectivity index (χ0n) is 12.0. The second-order valence-electron chi connectivity index (χ2n) is 4.51. The molecule has 6 heteroatoms. The first-order valence-electron chi connectivity index (χ1n) is 6.44. The minimum atomic E-state index is -0.592. The molecule has 0 heterocycles. The van der Waals surface area contributed by atoms with E-state index in [4.69, 9.17) is 15.2 Å². The van der Waals surface area contributed by atoms with Gasteiger partial charge in [0.2, 0.25) is 0 Å². The monoisotopic (exact) mass is 344 g/mol. The summed E-state index contributed by atoms with van der Waals surface area (Å²) in [5.74, 6) is 0.443. The van der Waals surface area contributed by atoms with E-state index in [0.29, 0.717) is 18.9 Å². The van der Waals surface area contributed by atoms with Crippen LogP contribution in [0.2, 0.25) is 0 Å². The molecule has 0 spiro atoms. The summed E-state index contributed by atoms with van der Waals surface area (Å²) in [6, 6.07) is 5.39. The molecule has 0 saturated heterocycles. The van der Waals surface area contributed by atoms with Crippen LogP contribution in [-0.4, -0.2) is 32.3 Å². The number of nitrogens with one attached hydrogen (secondary N) is 1. The Kier molecular flexibility index (Phi) is 6.98. The summed E-state index contributed by atoms with van der Waals surface area (Å²) in [6.45, 7) is 4.51. The maximum atomic E-state index is 11.8. The van der Waals surface area contributed by atoms with Crippen LogP contribution < -0.4 is 15.8 Å². The van der Waals surface area contributed by atoms with Crippen LogP contribution in [0.15, 0.2) is 22.7 Å². The molecule has 1 rings (SSSR count). The van der Waals surface area contributed by atoms with Crippen LogP contribution in [0.4, 0.5) is 0 Å². The molecule has 0 aliphatic carbocycles. The van der Waals surface area contributed by atoms with Crippen molar-refractivity contribution in [3.05, 3.63) is 28.2 Å². The highest BCUT2D eigenvalue weighted by Crippen LogP contribution is 2.28. The number of amides is 1. The van der Waals surface area contributed by atoms with Crippen molar-refractivity contribution in [3.8, 4) is 5.75 Å². The van der Waals surface area contributed by atoms with Crippen LogP contribution in [-0.2, 0) is 9.53 Å². The molecule has 1 aromatic carbocycles. The predicted octanol–water partition coefficient (Wildman–Crippen LogP) is 2.00. The fourth-order valence-electron chi connectivity index (χ4n) is 1.65. The van der Waals surface area contributed by atoms with E-state index in [1.165, 1.54) is 0 Å². The van der Waals surface area contributed by atoms with Crippen LogP contribution in [0.1, 0.15) is 25.5 Å². The maximum absolute atomic E-state index is 11.8. The van der Waals surface area contributed by atoms with Crippen LogP contribution in [0.25, 0.3) is 0 Å². The third kappa shape index (κ3) is 5.11. The number of carbonyl (C=O) groups excluding carboxylic acids is 1. The van der Waals surface area contributed by atoms with Gasteiger partial charge in [-0.15, -0.1) is 0 Å². The molecule has 0 aliphatic rings. The lowest BCUT2D eigenvalue weighted by Gasteiger charge is -2.19. The Morgan fingerprint density at radius 3 is 2.75 bits per heavy atom. The molecule has 0 saturated carbocycles. The molecule has 1 amide bonds. The summed E-state index contributed by atoms with van der Waals surface area (Å²) in [5, 5.41) is 2.73. The summed E-state index contributed by atoms with van der Waals surface area (Å²) < 4.78 is 11.5. The molecule has 3 N–H and O–H groups in total. The van der Waals surface area contributed by atoms with Crippen LogP contribution in [0.3, 0.4) is 0 Å². The van der Waals surface area contributed by atoms with Gasteiger partial charge in [0.1, 0.15) is 5.75 Å². The normalized spacial score (nSPS) is 13.7. The number of nitrogens with two attached hydrogens (primary N) is 1. The Morgan fingerprint density at radius 2 is 2.15 bits per heavy atom. The highest BCUT2D eigenvalue weighted by atomic mass is 79.9. The lowest BCUT2D eigenvalue weighted by Crippen LogP contribution is -2.38. The zero-order chi connectivity index (χ0) is 15.1. The maximum Gasteiger partial charge on any atom is 0.260 e. The second kappa shape index (κ2) is 8.24. The number of halogens is 1. The summed E-state index contributed by atoms with van der Waals surface area (Å²) in [5.41, 5.74) is 6.77. The van der Waals surface area contributed by atoms with E-state index in [2.05, 4.69) is 21.2 Å². The minimum absolute atomic E-state index is 0.175. The number of rotatable bonds is 7. The van der Waals surface area contributed by atoms with Crippen molar-refractivity contribution in [2.45, 2.75) is 26.0 Å². The highest BCUT2D eigenvalue weighted by Gasteiger charge is 2.17. The molecule has 0 radical (unpaired) electrons. The molecule has 0 bridgehead atoms. The van der Waals surface area contributed by atoms with Gasteiger partial charge in [-0.25, -0.2) is 0 Å². The molecule has 112 valence electrons. The summed E-state index contributed by atoms with van der Waals surface area (Å²) in [4.78, 5) is 11.8. The van der Waals surface area contributed by atoms with Crippen molar-refractivity contribution in [1.29, 1.82) is 0 Å². The standard InChI is InChI=1S/C14H21BrN2O3/c1-9(16)12-8-11(15)4-5-13(12)20-10(2)14(18)17-6-7-19-3/h4-5,8-10H,6-7,16H2,1-3H3,(H,17,18)/t9-,10?/m0/s1. The fraction of sp³-hybridized carbons (Fsp3) is 0.500. The first kappa shape index (κ1) is 16.9. The Labute approximate surface area is 127 Å². The van der Waals surface area contributed by atoms with E-state index in [-0.39, 0.29) is 11.9 Å². The molecule has 0 fully saturated rings. The first-order valence-corrected chi connectivity index (χ1v) is 7.23.